The van der Waals surface area contributed by atoms with E-state index in [4.69, 9.17) is 4.74 Å². The van der Waals surface area contributed by atoms with E-state index in [0.29, 0.717) is 17.8 Å². The average Bonchev–Trinajstić information content (AvgIpc) is 2.53. The van der Waals surface area contributed by atoms with Gasteiger partial charge >= 0.3 is 0 Å². The maximum absolute atomic E-state index is 11.9. The molecule has 126 valence electrons. The third kappa shape index (κ3) is 5.79. The maximum Gasteiger partial charge on any atom is 0.266 e. The van der Waals surface area contributed by atoms with Crippen LogP contribution in [0.25, 0.3) is 0 Å². The molecule has 1 aromatic carbocycles. The van der Waals surface area contributed by atoms with Crippen molar-refractivity contribution in [2.24, 2.45) is 22.9 Å². The van der Waals surface area contributed by atoms with Crippen molar-refractivity contribution in [3.05, 3.63) is 35.9 Å². The molecule has 0 radical (unpaired) electrons. The molecule has 4 nitrogen and oxygen atoms in total. The van der Waals surface area contributed by atoms with Crippen molar-refractivity contribution in [2.45, 2.75) is 46.1 Å². The number of nitrogens with one attached hydrogen (secondary N) is 1. The predicted molar refractivity (Wildman–Crippen MR) is 93.3 cm³/mol. The molecule has 4 heteroatoms. The summed E-state index contributed by atoms with van der Waals surface area (Å²) in [5.41, 5.74) is 3.48. The Labute approximate surface area is 139 Å². The van der Waals surface area contributed by atoms with Gasteiger partial charge < -0.3 is 4.74 Å². The molecule has 0 saturated heterocycles. The number of nitrogens with zero attached hydrogens (tertiary/aromatic N) is 1. The first kappa shape index (κ1) is 17.7. The summed E-state index contributed by atoms with van der Waals surface area (Å²) in [6.07, 6.45) is 5.32. The van der Waals surface area contributed by atoms with Crippen molar-refractivity contribution >= 4 is 12.1 Å². The van der Waals surface area contributed by atoms with E-state index < -0.39 is 0 Å². The molecular weight excluding hydrogens is 288 g/mol. The monoisotopic (exact) mass is 316 g/mol. The van der Waals surface area contributed by atoms with Crippen LogP contribution in [0.3, 0.4) is 0 Å². The Morgan fingerprint density at radius 1 is 1.35 bits per heavy atom. The highest BCUT2D eigenvalue weighted by Crippen LogP contribution is 2.35. The second kappa shape index (κ2) is 8.82. The van der Waals surface area contributed by atoms with Crippen LogP contribution in [0.2, 0.25) is 0 Å². The highest BCUT2D eigenvalue weighted by Gasteiger charge is 2.31. The van der Waals surface area contributed by atoms with Gasteiger partial charge in [0.25, 0.3) is 5.91 Å². The second-order valence-corrected chi connectivity index (χ2v) is 6.88. The number of benzene rings is 1. The largest absolute Gasteiger partial charge is 0.368 e. The molecule has 3 atom stereocenters. The Morgan fingerprint density at radius 2 is 2.09 bits per heavy atom. The van der Waals surface area contributed by atoms with Gasteiger partial charge in [0.15, 0.2) is 0 Å². The lowest BCUT2D eigenvalue weighted by molar-refractivity contribution is -0.131. The van der Waals surface area contributed by atoms with Gasteiger partial charge in [-0.15, -0.1) is 0 Å². The molecule has 1 amide bonds. The Kier molecular flexibility index (Phi) is 6.78. The van der Waals surface area contributed by atoms with Crippen molar-refractivity contribution in [3.63, 3.8) is 0 Å². The minimum Gasteiger partial charge on any atom is -0.368 e. The van der Waals surface area contributed by atoms with Gasteiger partial charge in [-0.05, 0) is 36.2 Å². The van der Waals surface area contributed by atoms with Crippen molar-refractivity contribution in [3.8, 4) is 0 Å². The number of hydrazone groups is 1. The minimum absolute atomic E-state index is 0.0761. The Bertz CT molecular complexity index is 513. The van der Waals surface area contributed by atoms with Gasteiger partial charge in [-0.3, -0.25) is 4.79 Å². The van der Waals surface area contributed by atoms with Crippen LogP contribution < -0.4 is 5.43 Å². The Morgan fingerprint density at radius 3 is 2.78 bits per heavy atom. The number of hydrogen-bond donors (Lipinski definition) is 1. The van der Waals surface area contributed by atoms with Gasteiger partial charge in [0.05, 0.1) is 12.3 Å². The van der Waals surface area contributed by atoms with Gasteiger partial charge in [-0.25, -0.2) is 5.43 Å². The van der Waals surface area contributed by atoms with Crippen molar-refractivity contribution in [2.75, 3.05) is 6.61 Å². The summed E-state index contributed by atoms with van der Waals surface area (Å²) in [6.45, 7) is 6.81. The zero-order valence-corrected chi connectivity index (χ0v) is 14.4. The Balaban J connectivity index is 1.77. The van der Waals surface area contributed by atoms with Crippen LogP contribution in [-0.2, 0) is 9.53 Å². The summed E-state index contributed by atoms with van der Waals surface area (Å²) < 4.78 is 5.91. The van der Waals surface area contributed by atoms with Gasteiger partial charge in [-0.1, -0.05) is 57.5 Å². The highest BCUT2D eigenvalue weighted by molar-refractivity contribution is 5.82. The van der Waals surface area contributed by atoms with Gasteiger partial charge in [0.1, 0.15) is 6.61 Å². The van der Waals surface area contributed by atoms with Crippen molar-refractivity contribution in [1.82, 2.24) is 5.43 Å². The van der Waals surface area contributed by atoms with E-state index in [0.717, 1.165) is 12.0 Å². The molecule has 23 heavy (non-hydrogen) atoms. The molecule has 1 saturated carbocycles. The molecule has 0 spiro atoms. The normalized spacial score (nSPS) is 25.0. The standard InChI is InChI=1S/C19H28N2O2/c1-14(2)17-10-9-15(3)11-18(17)23-13-19(22)21-20-12-16-7-5-4-6-8-16/h4-8,12,14-15,17-18H,9-11,13H2,1-3H3,(H,21,22)/b20-12-/t15?,17-,18?/m0/s1. The van der Waals surface area contributed by atoms with Crippen LogP contribution in [0.5, 0.6) is 0 Å². The Hall–Kier alpha value is -1.68. The first-order valence-corrected chi connectivity index (χ1v) is 8.54. The summed E-state index contributed by atoms with van der Waals surface area (Å²) >= 11 is 0. The molecule has 1 aromatic rings. The fraction of sp³-hybridized carbons (Fsp3) is 0.579. The van der Waals surface area contributed by atoms with Crippen molar-refractivity contribution in [1.29, 1.82) is 0 Å². The van der Waals surface area contributed by atoms with E-state index in [1.165, 1.54) is 12.8 Å². The number of hydrogen-bond acceptors (Lipinski definition) is 3. The van der Waals surface area contributed by atoms with E-state index in [-0.39, 0.29) is 18.6 Å². The average molecular weight is 316 g/mol. The lowest BCUT2D eigenvalue weighted by Crippen LogP contribution is -2.36. The molecule has 1 N–H and O–H groups in total. The number of ether oxygens (including phenoxy) is 1. The smallest absolute Gasteiger partial charge is 0.266 e. The van der Waals surface area contributed by atoms with Crippen LogP contribution in [-0.4, -0.2) is 24.8 Å². The number of carbonyl (C=O) groups excluding carboxylic acids is 1. The zero-order chi connectivity index (χ0) is 16.7. The molecule has 0 aliphatic heterocycles. The van der Waals surface area contributed by atoms with E-state index in [1.807, 2.05) is 30.3 Å². The molecule has 2 unspecified atom stereocenters. The first-order valence-electron chi connectivity index (χ1n) is 8.54. The van der Waals surface area contributed by atoms with Crippen LogP contribution in [0.15, 0.2) is 35.4 Å². The third-order valence-corrected chi connectivity index (χ3v) is 4.59. The van der Waals surface area contributed by atoms with E-state index in [1.54, 1.807) is 6.21 Å². The number of carbonyl (C=O) groups is 1. The molecule has 2 rings (SSSR count). The lowest BCUT2D eigenvalue weighted by atomic mass is 9.75. The maximum atomic E-state index is 11.9. The van der Waals surface area contributed by atoms with Crippen LogP contribution >= 0.6 is 0 Å². The summed E-state index contributed by atoms with van der Waals surface area (Å²) in [4.78, 5) is 11.9. The zero-order valence-electron chi connectivity index (χ0n) is 14.4. The summed E-state index contributed by atoms with van der Waals surface area (Å²) in [5.74, 6) is 1.62. The minimum atomic E-state index is -0.196. The van der Waals surface area contributed by atoms with Crippen LogP contribution in [0.1, 0.15) is 45.6 Å². The molecule has 1 fully saturated rings. The summed E-state index contributed by atoms with van der Waals surface area (Å²) in [6, 6.07) is 9.68. The van der Waals surface area contributed by atoms with E-state index in [9.17, 15) is 4.79 Å². The fourth-order valence-electron chi connectivity index (χ4n) is 3.24. The molecule has 1 aliphatic carbocycles. The molecule has 0 bridgehead atoms. The SMILES string of the molecule is CC1CC[C@@H](C(C)C)C(OCC(=O)N/N=C\c2ccccc2)C1. The highest BCUT2D eigenvalue weighted by atomic mass is 16.5. The van der Waals surface area contributed by atoms with Gasteiger partial charge in [0, 0.05) is 0 Å². The lowest BCUT2D eigenvalue weighted by Gasteiger charge is -2.36. The van der Waals surface area contributed by atoms with E-state index >= 15 is 0 Å². The molecule has 0 heterocycles. The topological polar surface area (TPSA) is 50.7 Å². The third-order valence-electron chi connectivity index (χ3n) is 4.59. The first-order chi connectivity index (χ1) is 11.1. The quantitative estimate of drug-likeness (QED) is 0.644. The van der Waals surface area contributed by atoms with Crippen LogP contribution in [0, 0.1) is 17.8 Å². The van der Waals surface area contributed by atoms with E-state index in [2.05, 4.69) is 31.3 Å². The molecular formula is C19H28N2O2. The summed E-state index contributed by atoms with van der Waals surface area (Å²) in [5, 5.41) is 3.97. The second-order valence-electron chi connectivity index (χ2n) is 6.88. The fourth-order valence-corrected chi connectivity index (χ4v) is 3.24. The molecule has 1 aliphatic rings. The number of rotatable bonds is 6. The summed E-state index contributed by atoms with van der Waals surface area (Å²) in [7, 11) is 0. The molecule has 0 aromatic heterocycles. The number of amides is 1. The van der Waals surface area contributed by atoms with Crippen molar-refractivity contribution < 1.29 is 9.53 Å². The van der Waals surface area contributed by atoms with Gasteiger partial charge in [-0.2, -0.15) is 5.10 Å². The predicted octanol–water partition coefficient (Wildman–Crippen LogP) is 3.61. The van der Waals surface area contributed by atoms with Crippen LogP contribution in [0.4, 0.5) is 0 Å². The van der Waals surface area contributed by atoms with Gasteiger partial charge in [0.2, 0.25) is 0 Å².